The van der Waals surface area contributed by atoms with Crippen molar-refractivity contribution in [3.63, 3.8) is 0 Å². The molecule has 0 N–H and O–H groups in total. The second-order valence-electron chi connectivity index (χ2n) is 4.23. The van der Waals surface area contributed by atoms with Crippen molar-refractivity contribution < 1.29 is 0 Å². The van der Waals surface area contributed by atoms with E-state index in [1.165, 1.54) is 5.39 Å². The zero-order valence-corrected chi connectivity index (χ0v) is 10.2. The average molecular weight is 238 g/mol. The van der Waals surface area contributed by atoms with Gasteiger partial charge in [-0.1, -0.05) is 31.2 Å². The second-order valence-corrected chi connectivity index (χ2v) is 4.23. The third-order valence-corrected chi connectivity index (χ3v) is 2.97. The van der Waals surface area contributed by atoms with Crippen molar-refractivity contribution in [2.75, 3.05) is 0 Å². The molecule has 0 spiro atoms. The SMILES string of the molecule is CCCn1cnnc1-c1nccc2ccccc12. The topological polar surface area (TPSA) is 43.6 Å². The van der Waals surface area contributed by atoms with Crippen LogP contribution in [0.3, 0.4) is 0 Å². The smallest absolute Gasteiger partial charge is 0.183 e. The summed E-state index contributed by atoms with van der Waals surface area (Å²) in [5, 5.41) is 10.5. The number of aromatic nitrogens is 4. The largest absolute Gasteiger partial charge is 0.312 e. The van der Waals surface area contributed by atoms with Crippen LogP contribution >= 0.6 is 0 Å². The monoisotopic (exact) mass is 238 g/mol. The molecule has 18 heavy (non-hydrogen) atoms. The van der Waals surface area contributed by atoms with Crippen LogP contribution in [0.4, 0.5) is 0 Å². The normalized spacial score (nSPS) is 10.9. The van der Waals surface area contributed by atoms with E-state index in [2.05, 4.69) is 38.8 Å². The molecule has 0 aliphatic carbocycles. The molecule has 4 heteroatoms. The predicted molar refractivity (Wildman–Crippen MR) is 71.1 cm³/mol. The summed E-state index contributed by atoms with van der Waals surface area (Å²) in [7, 11) is 0. The Kier molecular flexibility index (Phi) is 2.76. The Labute approximate surface area is 105 Å². The van der Waals surface area contributed by atoms with Crippen LogP contribution in [-0.2, 0) is 6.54 Å². The van der Waals surface area contributed by atoms with Gasteiger partial charge in [-0.05, 0) is 17.9 Å². The molecule has 90 valence electrons. The van der Waals surface area contributed by atoms with Gasteiger partial charge >= 0.3 is 0 Å². The van der Waals surface area contributed by atoms with E-state index in [-0.39, 0.29) is 0 Å². The van der Waals surface area contributed by atoms with Crippen molar-refractivity contribution in [2.45, 2.75) is 19.9 Å². The highest BCUT2D eigenvalue weighted by molar-refractivity contribution is 5.92. The van der Waals surface area contributed by atoms with E-state index in [9.17, 15) is 0 Å². The van der Waals surface area contributed by atoms with Gasteiger partial charge in [0.05, 0.1) is 0 Å². The van der Waals surface area contributed by atoms with Gasteiger partial charge in [0.2, 0.25) is 0 Å². The summed E-state index contributed by atoms with van der Waals surface area (Å²) in [6, 6.07) is 10.2. The Morgan fingerprint density at radius 1 is 1.17 bits per heavy atom. The molecule has 0 aliphatic rings. The lowest BCUT2D eigenvalue weighted by molar-refractivity contribution is 0.682. The predicted octanol–water partition coefficient (Wildman–Crippen LogP) is 2.90. The van der Waals surface area contributed by atoms with E-state index in [0.717, 1.165) is 29.9 Å². The van der Waals surface area contributed by atoms with Gasteiger partial charge < -0.3 is 4.57 Å². The molecule has 1 aromatic carbocycles. The number of benzene rings is 1. The van der Waals surface area contributed by atoms with Crippen molar-refractivity contribution >= 4 is 10.8 Å². The van der Waals surface area contributed by atoms with Crippen molar-refractivity contribution in [1.82, 2.24) is 19.7 Å². The summed E-state index contributed by atoms with van der Waals surface area (Å²) in [4.78, 5) is 4.47. The zero-order valence-electron chi connectivity index (χ0n) is 10.2. The number of nitrogens with zero attached hydrogens (tertiary/aromatic N) is 4. The van der Waals surface area contributed by atoms with Gasteiger partial charge in [-0.3, -0.25) is 4.98 Å². The fourth-order valence-corrected chi connectivity index (χ4v) is 2.14. The zero-order chi connectivity index (χ0) is 12.4. The Morgan fingerprint density at radius 3 is 2.94 bits per heavy atom. The number of aryl methyl sites for hydroxylation is 1. The molecular formula is C14H14N4. The number of pyridine rings is 1. The number of fused-ring (bicyclic) bond motifs is 1. The minimum atomic E-state index is 0.841. The van der Waals surface area contributed by atoms with Crippen LogP contribution in [0.2, 0.25) is 0 Å². The van der Waals surface area contributed by atoms with Crippen molar-refractivity contribution in [3.05, 3.63) is 42.9 Å². The first-order valence-corrected chi connectivity index (χ1v) is 6.12. The Hall–Kier alpha value is -2.23. The first-order chi connectivity index (χ1) is 8.90. The van der Waals surface area contributed by atoms with Crippen LogP contribution < -0.4 is 0 Å². The molecule has 3 aromatic rings. The summed E-state index contributed by atoms with van der Waals surface area (Å²) >= 11 is 0. The molecule has 0 saturated heterocycles. The van der Waals surface area contributed by atoms with Crippen LogP contribution in [0, 0.1) is 0 Å². The molecule has 0 aliphatic heterocycles. The van der Waals surface area contributed by atoms with E-state index in [1.807, 2.05) is 24.4 Å². The van der Waals surface area contributed by atoms with Crippen molar-refractivity contribution in [3.8, 4) is 11.5 Å². The third kappa shape index (κ3) is 1.76. The summed E-state index contributed by atoms with van der Waals surface area (Å²) in [6.07, 6.45) is 4.64. The third-order valence-electron chi connectivity index (χ3n) is 2.97. The van der Waals surface area contributed by atoms with Crippen LogP contribution in [-0.4, -0.2) is 19.7 Å². The maximum Gasteiger partial charge on any atom is 0.183 e. The summed E-state index contributed by atoms with van der Waals surface area (Å²) in [5.41, 5.74) is 0.902. The molecule has 3 rings (SSSR count). The molecular weight excluding hydrogens is 224 g/mol. The summed E-state index contributed by atoms with van der Waals surface area (Å²) < 4.78 is 2.05. The Balaban J connectivity index is 2.22. The van der Waals surface area contributed by atoms with Gasteiger partial charge in [0.15, 0.2) is 5.82 Å². The number of rotatable bonds is 3. The maximum absolute atomic E-state index is 4.47. The van der Waals surface area contributed by atoms with Crippen molar-refractivity contribution in [1.29, 1.82) is 0 Å². The Morgan fingerprint density at radius 2 is 2.06 bits per heavy atom. The highest BCUT2D eigenvalue weighted by atomic mass is 15.3. The van der Waals surface area contributed by atoms with Gasteiger partial charge in [0.1, 0.15) is 12.0 Å². The lowest BCUT2D eigenvalue weighted by atomic mass is 10.1. The van der Waals surface area contributed by atoms with Gasteiger partial charge in [-0.15, -0.1) is 10.2 Å². The molecule has 2 heterocycles. The molecule has 0 unspecified atom stereocenters. The first-order valence-electron chi connectivity index (χ1n) is 6.12. The molecule has 0 fully saturated rings. The molecule has 0 bridgehead atoms. The molecule has 2 aromatic heterocycles. The minimum Gasteiger partial charge on any atom is -0.312 e. The molecule has 0 amide bonds. The van der Waals surface area contributed by atoms with E-state index >= 15 is 0 Å². The number of hydrogen-bond acceptors (Lipinski definition) is 3. The van der Waals surface area contributed by atoms with Gasteiger partial charge in [0.25, 0.3) is 0 Å². The van der Waals surface area contributed by atoms with Gasteiger partial charge in [-0.25, -0.2) is 0 Å². The first kappa shape index (κ1) is 10.9. The van der Waals surface area contributed by atoms with Crippen LogP contribution in [0.25, 0.3) is 22.3 Å². The average Bonchev–Trinajstić information content (AvgIpc) is 2.87. The lowest BCUT2D eigenvalue weighted by Crippen LogP contribution is -2.00. The highest BCUT2D eigenvalue weighted by Gasteiger charge is 2.11. The van der Waals surface area contributed by atoms with Gasteiger partial charge in [0, 0.05) is 18.1 Å². The minimum absolute atomic E-state index is 0.841. The van der Waals surface area contributed by atoms with Crippen LogP contribution in [0.5, 0.6) is 0 Å². The molecule has 4 nitrogen and oxygen atoms in total. The summed E-state index contributed by atoms with van der Waals surface area (Å²) in [5.74, 6) is 0.841. The molecule has 0 radical (unpaired) electrons. The highest BCUT2D eigenvalue weighted by Crippen LogP contribution is 2.24. The van der Waals surface area contributed by atoms with E-state index < -0.39 is 0 Å². The molecule has 0 saturated carbocycles. The Bertz CT molecular complexity index is 667. The standard InChI is InChI=1S/C14H14N4/c1-2-9-18-10-16-17-14(18)13-12-6-4-3-5-11(12)7-8-15-13/h3-8,10H,2,9H2,1H3. The second kappa shape index (κ2) is 4.56. The fourth-order valence-electron chi connectivity index (χ4n) is 2.14. The van der Waals surface area contributed by atoms with Crippen LogP contribution in [0.1, 0.15) is 13.3 Å². The van der Waals surface area contributed by atoms with Crippen LogP contribution in [0.15, 0.2) is 42.9 Å². The molecule has 0 atom stereocenters. The quantitative estimate of drug-likeness (QED) is 0.704. The fraction of sp³-hybridized carbons (Fsp3) is 0.214. The maximum atomic E-state index is 4.47. The summed E-state index contributed by atoms with van der Waals surface area (Å²) in [6.45, 7) is 3.05. The van der Waals surface area contributed by atoms with E-state index in [1.54, 1.807) is 6.33 Å². The lowest BCUT2D eigenvalue weighted by Gasteiger charge is -2.06. The van der Waals surface area contributed by atoms with E-state index in [0.29, 0.717) is 0 Å². The van der Waals surface area contributed by atoms with Gasteiger partial charge in [-0.2, -0.15) is 0 Å². The number of hydrogen-bond donors (Lipinski definition) is 0. The van der Waals surface area contributed by atoms with E-state index in [4.69, 9.17) is 0 Å². The van der Waals surface area contributed by atoms with Crippen molar-refractivity contribution in [2.24, 2.45) is 0 Å².